The lowest BCUT2D eigenvalue weighted by molar-refractivity contribution is -0.274. The van der Waals surface area contributed by atoms with Crippen molar-refractivity contribution in [2.75, 3.05) is 12.4 Å². The summed E-state index contributed by atoms with van der Waals surface area (Å²) in [5.41, 5.74) is 1.08. The van der Waals surface area contributed by atoms with Crippen molar-refractivity contribution >= 4 is 17.6 Å². The van der Waals surface area contributed by atoms with Gasteiger partial charge in [0.25, 0.3) is 5.91 Å². The van der Waals surface area contributed by atoms with E-state index in [4.69, 9.17) is 9.47 Å². The Bertz CT molecular complexity index is 837. The molecule has 0 bridgehead atoms. The number of anilines is 1. The van der Waals surface area contributed by atoms with E-state index < -0.39 is 30.1 Å². The van der Waals surface area contributed by atoms with Crippen LogP contribution < -0.4 is 14.8 Å². The third-order valence-electron chi connectivity index (χ3n) is 3.82. The zero-order valence-electron chi connectivity index (χ0n) is 15.8. The molecule has 6 nitrogen and oxygen atoms in total. The Morgan fingerprint density at radius 1 is 1.07 bits per heavy atom. The molecule has 1 N–H and O–H groups in total. The van der Waals surface area contributed by atoms with E-state index in [1.807, 2.05) is 18.2 Å². The van der Waals surface area contributed by atoms with Crippen LogP contribution in [0.15, 0.2) is 48.5 Å². The number of ether oxygens (including phenoxy) is 3. The first-order chi connectivity index (χ1) is 13.7. The average Bonchev–Trinajstić information content (AvgIpc) is 2.66. The van der Waals surface area contributed by atoms with Crippen molar-refractivity contribution < 1.29 is 37.0 Å². The van der Waals surface area contributed by atoms with Gasteiger partial charge in [-0.1, -0.05) is 18.2 Å². The maximum absolute atomic E-state index is 12.1. The van der Waals surface area contributed by atoms with E-state index in [0.717, 1.165) is 17.7 Å². The standard InChI is InChI=1S/C20H20F3NO5/c1-13(28-18(25)12-7-14-5-3-4-6-17(14)27-2)19(26)24-15-8-10-16(11-9-15)29-20(21,22)23/h3-6,8-11,13H,7,12H2,1-2H3,(H,24,26)/t13-/m0/s1. The van der Waals surface area contributed by atoms with Crippen LogP contribution in [0.25, 0.3) is 0 Å². The molecule has 0 radical (unpaired) electrons. The minimum absolute atomic E-state index is 0.0570. The predicted octanol–water partition coefficient (Wildman–Crippen LogP) is 4.10. The summed E-state index contributed by atoms with van der Waals surface area (Å²) < 4.78 is 50.5. The first kappa shape index (κ1) is 22.1. The maximum atomic E-state index is 12.1. The molecule has 9 heteroatoms. The highest BCUT2D eigenvalue weighted by Crippen LogP contribution is 2.24. The summed E-state index contributed by atoms with van der Waals surface area (Å²) in [5, 5.41) is 2.46. The molecule has 0 aliphatic carbocycles. The van der Waals surface area contributed by atoms with Gasteiger partial charge in [0, 0.05) is 12.1 Å². The number of carbonyl (C=O) groups excluding carboxylic acids is 2. The fourth-order valence-electron chi connectivity index (χ4n) is 2.44. The molecule has 2 aromatic rings. The third-order valence-corrected chi connectivity index (χ3v) is 3.82. The average molecular weight is 411 g/mol. The Labute approximate surface area is 165 Å². The van der Waals surface area contributed by atoms with Crippen LogP contribution in [0.5, 0.6) is 11.5 Å². The molecular formula is C20H20F3NO5. The van der Waals surface area contributed by atoms with Crippen molar-refractivity contribution in [1.82, 2.24) is 0 Å². The van der Waals surface area contributed by atoms with Gasteiger partial charge in [-0.25, -0.2) is 0 Å². The molecule has 0 heterocycles. The smallest absolute Gasteiger partial charge is 0.496 e. The molecule has 2 aromatic carbocycles. The first-order valence-corrected chi connectivity index (χ1v) is 8.66. The van der Waals surface area contributed by atoms with Crippen molar-refractivity contribution in [1.29, 1.82) is 0 Å². The second-order valence-electron chi connectivity index (χ2n) is 6.01. The molecule has 0 unspecified atom stereocenters. The van der Waals surface area contributed by atoms with Gasteiger partial charge in [0.15, 0.2) is 6.10 Å². The van der Waals surface area contributed by atoms with Gasteiger partial charge in [-0.2, -0.15) is 0 Å². The number of hydrogen-bond donors (Lipinski definition) is 1. The fraction of sp³-hybridized carbons (Fsp3) is 0.300. The lowest BCUT2D eigenvalue weighted by Crippen LogP contribution is -2.30. The van der Waals surface area contributed by atoms with E-state index in [1.54, 1.807) is 6.07 Å². The number of aryl methyl sites for hydroxylation is 1. The van der Waals surface area contributed by atoms with Gasteiger partial charge in [-0.05, 0) is 49.2 Å². The van der Waals surface area contributed by atoms with Gasteiger partial charge in [0.2, 0.25) is 0 Å². The Morgan fingerprint density at radius 2 is 1.72 bits per heavy atom. The molecule has 0 aromatic heterocycles. The number of carbonyl (C=O) groups is 2. The van der Waals surface area contributed by atoms with Gasteiger partial charge >= 0.3 is 12.3 Å². The molecule has 156 valence electrons. The Kier molecular flexibility index (Phi) is 7.46. The van der Waals surface area contributed by atoms with Crippen LogP contribution in [0, 0.1) is 0 Å². The topological polar surface area (TPSA) is 73.9 Å². The van der Waals surface area contributed by atoms with Crippen LogP contribution in [0.4, 0.5) is 18.9 Å². The molecule has 2 rings (SSSR count). The highest BCUT2D eigenvalue weighted by molar-refractivity contribution is 5.95. The minimum Gasteiger partial charge on any atom is -0.496 e. The van der Waals surface area contributed by atoms with Gasteiger partial charge in [0.1, 0.15) is 11.5 Å². The highest BCUT2D eigenvalue weighted by Gasteiger charge is 2.31. The molecule has 0 saturated heterocycles. The molecule has 0 fully saturated rings. The summed E-state index contributed by atoms with van der Waals surface area (Å²) in [6.07, 6.45) is -5.43. The number of benzene rings is 2. The van der Waals surface area contributed by atoms with Crippen molar-refractivity contribution in [3.8, 4) is 11.5 Å². The third kappa shape index (κ3) is 7.36. The summed E-state index contributed by atoms with van der Waals surface area (Å²) in [7, 11) is 1.53. The number of rotatable bonds is 8. The van der Waals surface area contributed by atoms with Gasteiger partial charge in [-0.15, -0.1) is 13.2 Å². The predicted molar refractivity (Wildman–Crippen MR) is 98.6 cm³/mol. The zero-order chi connectivity index (χ0) is 21.4. The van der Waals surface area contributed by atoms with Crippen LogP contribution in [0.3, 0.4) is 0 Å². The van der Waals surface area contributed by atoms with E-state index in [2.05, 4.69) is 10.1 Å². The van der Waals surface area contributed by atoms with E-state index >= 15 is 0 Å². The Balaban J connectivity index is 1.83. The molecule has 0 saturated carbocycles. The van der Waals surface area contributed by atoms with Gasteiger partial charge in [0.05, 0.1) is 7.11 Å². The summed E-state index contributed by atoms with van der Waals surface area (Å²) in [5.74, 6) is -0.928. The molecule has 0 aliphatic heterocycles. The van der Waals surface area contributed by atoms with Crippen molar-refractivity contribution in [2.24, 2.45) is 0 Å². The van der Waals surface area contributed by atoms with E-state index in [-0.39, 0.29) is 12.1 Å². The van der Waals surface area contributed by atoms with Crippen LogP contribution in [-0.4, -0.2) is 31.5 Å². The molecule has 1 atom stereocenters. The Hall–Kier alpha value is -3.23. The monoisotopic (exact) mass is 411 g/mol. The number of hydrogen-bond acceptors (Lipinski definition) is 5. The first-order valence-electron chi connectivity index (χ1n) is 8.66. The lowest BCUT2D eigenvalue weighted by atomic mass is 10.1. The van der Waals surface area contributed by atoms with E-state index in [1.165, 1.54) is 26.2 Å². The lowest BCUT2D eigenvalue weighted by Gasteiger charge is -2.14. The van der Waals surface area contributed by atoms with E-state index in [9.17, 15) is 22.8 Å². The Morgan fingerprint density at radius 3 is 2.34 bits per heavy atom. The highest BCUT2D eigenvalue weighted by atomic mass is 19.4. The molecular weight excluding hydrogens is 391 g/mol. The van der Waals surface area contributed by atoms with Crippen molar-refractivity contribution in [3.63, 3.8) is 0 Å². The molecule has 0 spiro atoms. The second kappa shape index (κ2) is 9.81. The second-order valence-corrected chi connectivity index (χ2v) is 6.01. The normalized spacial score (nSPS) is 12.0. The van der Waals surface area contributed by atoms with Crippen LogP contribution in [0.2, 0.25) is 0 Å². The van der Waals surface area contributed by atoms with Crippen LogP contribution in [-0.2, 0) is 20.7 Å². The summed E-state index contributed by atoms with van der Waals surface area (Å²) in [6.45, 7) is 1.40. The molecule has 0 aliphatic rings. The summed E-state index contributed by atoms with van der Waals surface area (Å²) in [4.78, 5) is 24.1. The number of alkyl halides is 3. The zero-order valence-corrected chi connectivity index (χ0v) is 15.8. The maximum Gasteiger partial charge on any atom is 0.573 e. The molecule has 1 amide bonds. The number of esters is 1. The SMILES string of the molecule is COc1ccccc1CCC(=O)O[C@@H](C)C(=O)Nc1ccc(OC(F)(F)F)cc1. The number of halogens is 3. The number of amides is 1. The fourth-order valence-corrected chi connectivity index (χ4v) is 2.44. The van der Waals surface area contributed by atoms with Gasteiger partial charge in [-0.3, -0.25) is 9.59 Å². The minimum atomic E-state index is -4.79. The summed E-state index contributed by atoms with van der Waals surface area (Å²) >= 11 is 0. The number of nitrogens with one attached hydrogen (secondary N) is 1. The van der Waals surface area contributed by atoms with Crippen LogP contribution in [0.1, 0.15) is 18.9 Å². The largest absolute Gasteiger partial charge is 0.573 e. The van der Waals surface area contributed by atoms with Crippen molar-refractivity contribution in [3.05, 3.63) is 54.1 Å². The summed E-state index contributed by atoms with van der Waals surface area (Å²) in [6, 6.07) is 11.9. The van der Waals surface area contributed by atoms with Crippen LogP contribution >= 0.6 is 0 Å². The van der Waals surface area contributed by atoms with Gasteiger partial charge < -0.3 is 19.5 Å². The van der Waals surface area contributed by atoms with E-state index in [0.29, 0.717) is 12.2 Å². The number of methoxy groups -OCH3 is 1. The molecule has 29 heavy (non-hydrogen) atoms. The number of para-hydroxylation sites is 1. The quantitative estimate of drug-likeness (QED) is 0.662. The van der Waals surface area contributed by atoms with Crippen molar-refractivity contribution in [2.45, 2.75) is 32.2 Å².